The molecule has 0 bridgehead atoms. The van der Waals surface area contributed by atoms with Gasteiger partial charge in [-0.3, -0.25) is 0 Å². The van der Waals surface area contributed by atoms with Crippen LogP contribution < -0.4 is 0 Å². The number of rotatable bonds is 9. The van der Waals surface area contributed by atoms with Gasteiger partial charge in [-0.1, -0.05) is 51.9 Å². The quantitative estimate of drug-likeness (QED) is 0.362. The Morgan fingerprint density at radius 2 is 1.53 bits per heavy atom. The summed E-state index contributed by atoms with van der Waals surface area (Å²) in [6, 6.07) is 0. The molecule has 2 unspecified atom stereocenters. The highest BCUT2D eigenvalue weighted by Gasteiger charge is 2.52. The molecule has 0 N–H and O–H groups in total. The minimum Gasteiger partial charge on any atom is -0.126 e. The van der Waals surface area contributed by atoms with E-state index in [1.54, 1.807) is 0 Å². The molecule has 2 aliphatic rings. The van der Waals surface area contributed by atoms with E-state index in [0.29, 0.717) is 5.41 Å². The Morgan fingerprint density at radius 3 is 2.12 bits per heavy atom. The van der Waals surface area contributed by atoms with E-state index in [0.717, 1.165) is 17.7 Å². The molecule has 0 saturated heterocycles. The molecule has 2 fully saturated rings. The van der Waals surface area contributed by atoms with Gasteiger partial charge >= 0.3 is 0 Å². The van der Waals surface area contributed by atoms with E-state index in [-0.39, 0.29) is 0 Å². The van der Waals surface area contributed by atoms with Crippen LogP contribution in [0.3, 0.4) is 0 Å². The van der Waals surface area contributed by atoms with Gasteiger partial charge in [0, 0.05) is 5.88 Å². The Bertz CT molecular complexity index is 214. The molecule has 1 heteroatoms. The minimum atomic E-state index is 0.568. The predicted octanol–water partition coefficient (Wildman–Crippen LogP) is 5.78. The van der Waals surface area contributed by atoms with Crippen molar-refractivity contribution in [1.82, 2.24) is 0 Å². The van der Waals surface area contributed by atoms with Gasteiger partial charge < -0.3 is 0 Å². The molecule has 0 radical (unpaired) electrons. The Hall–Kier alpha value is 0.290. The average molecular weight is 257 g/mol. The van der Waals surface area contributed by atoms with Gasteiger partial charge in [-0.15, -0.1) is 11.6 Å². The molecule has 100 valence electrons. The first kappa shape index (κ1) is 13.7. The van der Waals surface area contributed by atoms with Crippen molar-refractivity contribution in [2.45, 2.75) is 77.6 Å². The summed E-state index contributed by atoms with van der Waals surface area (Å²) in [5, 5.41) is 0. The van der Waals surface area contributed by atoms with Gasteiger partial charge in [0.2, 0.25) is 0 Å². The lowest BCUT2D eigenvalue weighted by atomic mass is 9.80. The summed E-state index contributed by atoms with van der Waals surface area (Å²) in [5.74, 6) is 3.09. The van der Waals surface area contributed by atoms with Crippen LogP contribution in [0.25, 0.3) is 0 Å². The van der Waals surface area contributed by atoms with Gasteiger partial charge in [0.05, 0.1) is 0 Å². The summed E-state index contributed by atoms with van der Waals surface area (Å²) in [6.07, 6.45) is 15.9. The van der Waals surface area contributed by atoms with E-state index in [4.69, 9.17) is 11.6 Å². The fourth-order valence-electron chi connectivity index (χ4n) is 3.84. The molecule has 0 nitrogen and oxygen atoms in total. The molecule has 2 rings (SSSR count). The van der Waals surface area contributed by atoms with E-state index in [1.807, 2.05) is 0 Å². The maximum atomic E-state index is 6.23. The number of hydrogen-bond donors (Lipinski definition) is 0. The van der Waals surface area contributed by atoms with Crippen molar-refractivity contribution in [3.8, 4) is 0 Å². The molecule has 17 heavy (non-hydrogen) atoms. The van der Waals surface area contributed by atoms with Crippen LogP contribution in [-0.4, -0.2) is 5.88 Å². The van der Waals surface area contributed by atoms with Crippen LogP contribution in [0.1, 0.15) is 77.6 Å². The van der Waals surface area contributed by atoms with Crippen LogP contribution in [0.2, 0.25) is 0 Å². The van der Waals surface area contributed by atoms with E-state index in [1.165, 1.54) is 70.6 Å². The molecule has 0 spiro atoms. The Labute approximate surface area is 113 Å². The number of alkyl halides is 1. The lowest BCUT2D eigenvalue weighted by molar-refractivity contribution is 0.269. The number of unbranched alkanes of at least 4 members (excludes halogenated alkanes) is 6. The SMILES string of the molecule is CCCCCCCCCC1(CCl)CC2CC2C1. The van der Waals surface area contributed by atoms with Crippen LogP contribution in [0.5, 0.6) is 0 Å². The Kier molecular flexibility index (Phi) is 5.21. The summed E-state index contributed by atoms with van der Waals surface area (Å²) in [5.41, 5.74) is 0.568. The lowest BCUT2D eigenvalue weighted by Crippen LogP contribution is -2.20. The maximum absolute atomic E-state index is 6.23. The number of hydrogen-bond acceptors (Lipinski definition) is 0. The van der Waals surface area contributed by atoms with Gasteiger partial charge in [0.1, 0.15) is 0 Å². The third kappa shape index (κ3) is 3.88. The fraction of sp³-hybridized carbons (Fsp3) is 1.00. The fourth-order valence-corrected chi connectivity index (χ4v) is 4.20. The standard InChI is InChI=1S/C16H29Cl/c1-2-3-4-5-6-7-8-9-16(13-17)11-14-10-15(14)12-16/h14-15H,2-13H2,1H3. The van der Waals surface area contributed by atoms with Crippen molar-refractivity contribution < 1.29 is 0 Å². The molecule has 0 aromatic heterocycles. The molecule has 2 atom stereocenters. The normalized spacial score (nSPS) is 34.9. The molecular weight excluding hydrogens is 228 g/mol. The van der Waals surface area contributed by atoms with Crippen LogP contribution >= 0.6 is 11.6 Å². The van der Waals surface area contributed by atoms with E-state index >= 15 is 0 Å². The monoisotopic (exact) mass is 256 g/mol. The van der Waals surface area contributed by atoms with Gasteiger partial charge in [-0.2, -0.15) is 0 Å². The summed E-state index contributed by atoms with van der Waals surface area (Å²) in [6.45, 7) is 2.29. The zero-order chi connectivity index (χ0) is 12.1. The molecule has 0 aromatic carbocycles. The topological polar surface area (TPSA) is 0 Å². The largest absolute Gasteiger partial charge is 0.126 e. The third-order valence-electron chi connectivity index (χ3n) is 5.05. The summed E-state index contributed by atoms with van der Waals surface area (Å²) >= 11 is 6.23. The molecule has 2 aliphatic carbocycles. The van der Waals surface area contributed by atoms with Crippen LogP contribution in [0.4, 0.5) is 0 Å². The second kappa shape index (κ2) is 6.45. The highest BCUT2D eigenvalue weighted by Crippen LogP contribution is 2.61. The zero-order valence-electron chi connectivity index (χ0n) is 11.5. The first-order valence-electron chi connectivity index (χ1n) is 7.85. The van der Waals surface area contributed by atoms with Crippen molar-refractivity contribution in [3.05, 3.63) is 0 Å². The van der Waals surface area contributed by atoms with E-state index < -0.39 is 0 Å². The molecular formula is C16H29Cl. The highest BCUT2D eigenvalue weighted by atomic mass is 35.5. The Morgan fingerprint density at radius 1 is 0.941 bits per heavy atom. The highest BCUT2D eigenvalue weighted by molar-refractivity contribution is 6.18. The second-order valence-corrected chi connectivity index (χ2v) is 6.94. The van der Waals surface area contributed by atoms with Crippen molar-refractivity contribution in [2.24, 2.45) is 17.3 Å². The van der Waals surface area contributed by atoms with Gasteiger partial charge in [-0.25, -0.2) is 0 Å². The average Bonchev–Trinajstić information content (AvgIpc) is 2.96. The second-order valence-electron chi connectivity index (χ2n) is 6.67. The maximum Gasteiger partial charge on any atom is 0.0280 e. The molecule has 2 saturated carbocycles. The zero-order valence-corrected chi connectivity index (χ0v) is 12.3. The number of fused-ring (bicyclic) bond motifs is 1. The number of halogens is 1. The van der Waals surface area contributed by atoms with Gasteiger partial charge in [0.15, 0.2) is 0 Å². The van der Waals surface area contributed by atoms with E-state index in [2.05, 4.69) is 6.92 Å². The summed E-state index contributed by atoms with van der Waals surface area (Å²) < 4.78 is 0. The van der Waals surface area contributed by atoms with Crippen LogP contribution in [0.15, 0.2) is 0 Å². The smallest absolute Gasteiger partial charge is 0.0280 e. The van der Waals surface area contributed by atoms with Crippen molar-refractivity contribution >= 4 is 11.6 Å². The van der Waals surface area contributed by atoms with Crippen LogP contribution in [0, 0.1) is 17.3 Å². The van der Waals surface area contributed by atoms with Crippen LogP contribution in [-0.2, 0) is 0 Å². The minimum absolute atomic E-state index is 0.568. The first-order chi connectivity index (χ1) is 8.29. The predicted molar refractivity (Wildman–Crippen MR) is 76.6 cm³/mol. The first-order valence-corrected chi connectivity index (χ1v) is 8.39. The van der Waals surface area contributed by atoms with E-state index in [9.17, 15) is 0 Å². The summed E-state index contributed by atoms with van der Waals surface area (Å²) in [7, 11) is 0. The van der Waals surface area contributed by atoms with Crippen molar-refractivity contribution in [3.63, 3.8) is 0 Å². The third-order valence-corrected chi connectivity index (χ3v) is 5.62. The Balaban J connectivity index is 1.52. The molecule has 0 aromatic rings. The van der Waals surface area contributed by atoms with Crippen molar-refractivity contribution in [2.75, 3.05) is 5.88 Å². The lowest BCUT2D eigenvalue weighted by Gasteiger charge is -2.28. The summed E-state index contributed by atoms with van der Waals surface area (Å²) in [4.78, 5) is 0. The van der Waals surface area contributed by atoms with Crippen molar-refractivity contribution in [1.29, 1.82) is 0 Å². The van der Waals surface area contributed by atoms with Gasteiger partial charge in [0.25, 0.3) is 0 Å². The molecule has 0 amide bonds. The van der Waals surface area contributed by atoms with Gasteiger partial charge in [-0.05, 0) is 42.9 Å². The molecule has 0 heterocycles. The molecule has 0 aliphatic heterocycles.